The van der Waals surface area contributed by atoms with Crippen molar-refractivity contribution in [2.24, 2.45) is 0 Å². The molecule has 3 rings (SSSR count). The SMILES string of the molecule is CCOc1ccccc1NC(=O)[C@@H](C)OC(=O)c1c(C)oc(-n2cccc2)c1C#N. The Morgan fingerprint density at radius 1 is 1.23 bits per heavy atom. The number of nitriles is 1. The van der Waals surface area contributed by atoms with Crippen LogP contribution in [0.15, 0.2) is 53.2 Å². The van der Waals surface area contributed by atoms with Gasteiger partial charge in [0, 0.05) is 12.4 Å². The van der Waals surface area contributed by atoms with E-state index in [1.165, 1.54) is 6.92 Å². The predicted octanol–water partition coefficient (Wildman–Crippen LogP) is 3.83. The van der Waals surface area contributed by atoms with Gasteiger partial charge in [-0.25, -0.2) is 4.79 Å². The number of amides is 1. The molecule has 1 N–H and O–H groups in total. The van der Waals surface area contributed by atoms with Gasteiger partial charge in [-0.05, 0) is 45.0 Å². The lowest BCUT2D eigenvalue weighted by atomic mass is 10.1. The highest BCUT2D eigenvalue weighted by Gasteiger charge is 2.28. The number of carbonyl (C=O) groups is 2. The van der Waals surface area contributed by atoms with Crippen LogP contribution in [0.2, 0.25) is 0 Å². The summed E-state index contributed by atoms with van der Waals surface area (Å²) in [6, 6.07) is 12.5. The van der Waals surface area contributed by atoms with E-state index in [9.17, 15) is 14.9 Å². The van der Waals surface area contributed by atoms with Crippen molar-refractivity contribution in [1.82, 2.24) is 4.57 Å². The van der Waals surface area contributed by atoms with Crippen LogP contribution in [-0.2, 0) is 9.53 Å². The van der Waals surface area contributed by atoms with Crippen molar-refractivity contribution in [1.29, 1.82) is 5.26 Å². The maximum atomic E-state index is 12.7. The number of carbonyl (C=O) groups excluding carboxylic acids is 2. The van der Waals surface area contributed by atoms with Crippen LogP contribution >= 0.6 is 0 Å². The zero-order valence-electron chi connectivity index (χ0n) is 16.8. The Labute approximate surface area is 173 Å². The number of furan rings is 1. The number of ether oxygens (including phenoxy) is 2. The fourth-order valence-electron chi connectivity index (χ4n) is 2.89. The Kier molecular flexibility index (Phi) is 6.23. The summed E-state index contributed by atoms with van der Waals surface area (Å²) < 4.78 is 18.0. The lowest BCUT2D eigenvalue weighted by molar-refractivity contribution is -0.123. The van der Waals surface area contributed by atoms with Gasteiger partial charge < -0.3 is 19.2 Å². The van der Waals surface area contributed by atoms with Crippen molar-refractivity contribution in [2.75, 3.05) is 11.9 Å². The van der Waals surface area contributed by atoms with Crippen LogP contribution in [0.1, 0.15) is 35.5 Å². The van der Waals surface area contributed by atoms with Crippen LogP contribution in [-0.4, -0.2) is 29.2 Å². The molecule has 0 spiro atoms. The zero-order valence-corrected chi connectivity index (χ0v) is 16.8. The van der Waals surface area contributed by atoms with Gasteiger partial charge in [0.1, 0.15) is 28.7 Å². The first kappa shape index (κ1) is 20.7. The molecule has 3 aromatic rings. The standard InChI is InChI=1S/C22H21N3O5/c1-4-28-18-10-6-5-9-17(18)24-20(26)15(3)30-22(27)19-14(2)29-21(16(19)13-23)25-11-7-8-12-25/h5-12,15H,4H2,1-3H3,(H,24,26)/t15-/m1/s1. The first-order valence-corrected chi connectivity index (χ1v) is 9.36. The maximum Gasteiger partial charge on any atom is 0.343 e. The van der Waals surface area contributed by atoms with Crippen LogP contribution in [0.25, 0.3) is 5.88 Å². The molecule has 0 aliphatic heterocycles. The lowest BCUT2D eigenvalue weighted by Gasteiger charge is -2.15. The van der Waals surface area contributed by atoms with E-state index in [1.807, 2.05) is 13.0 Å². The van der Waals surface area contributed by atoms with Gasteiger partial charge in [0.25, 0.3) is 5.91 Å². The van der Waals surface area contributed by atoms with Crippen molar-refractivity contribution in [3.8, 4) is 17.7 Å². The fourth-order valence-corrected chi connectivity index (χ4v) is 2.89. The quantitative estimate of drug-likeness (QED) is 0.597. The predicted molar refractivity (Wildman–Crippen MR) is 109 cm³/mol. The summed E-state index contributed by atoms with van der Waals surface area (Å²) in [5, 5.41) is 12.2. The summed E-state index contributed by atoms with van der Waals surface area (Å²) in [6.45, 7) is 5.29. The minimum absolute atomic E-state index is 0.00411. The number of para-hydroxylation sites is 2. The molecule has 1 aromatic carbocycles. The van der Waals surface area contributed by atoms with Gasteiger partial charge in [0.2, 0.25) is 5.88 Å². The molecule has 0 aliphatic rings. The molecule has 1 amide bonds. The highest BCUT2D eigenvalue weighted by molar-refractivity contribution is 5.99. The average molecular weight is 407 g/mol. The number of hydrogen-bond donors (Lipinski definition) is 1. The van der Waals surface area contributed by atoms with E-state index in [0.717, 1.165) is 0 Å². The van der Waals surface area contributed by atoms with E-state index >= 15 is 0 Å². The van der Waals surface area contributed by atoms with Crippen molar-refractivity contribution >= 4 is 17.6 Å². The summed E-state index contributed by atoms with van der Waals surface area (Å²) in [7, 11) is 0. The molecule has 1 atom stereocenters. The highest BCUT2D eigenvalue weighted by atomic mass is 16.5. The van der Waals surface area contributed by atoms with E-state index in [-0.39, 0.29) is 22.8 Å². The molecule has 8 nitrogen and oxygen atoms in total. The molecule has 0 bridgehead atoms. The van der Waals surface area contributed by atoms with Gasteiger partial charge in [-0.15, -0.1) is 0 Å². The van der Waals surface area contributed by atoms with Crippen LogP contribution in [0.5, 0.6) is 5.75 Å². The van der Waals surface area contributed by atoms with Crippen molar-refractivity contribution in [3.05, 3.63) is 65.7 Å². The van der Waals surface area contributed by atoms with E-state index in [4.69, 9.17) is 13.9 Å². The number of esters is 1. The summed E-state index contributed by atoms with van der Waals surface area (Å²) in [5.74, 6) is -0.377. The molecule has 8 heteroatoms. The van der Waals surface area contributed by atoms with Crippen molar-refractivity contribution in [3.63, 3.8) is 0 Å². The van der Waals surface area contributed by atoms with Gasteiger partial charge in [0.05, 0.1) is 12.3 Å². The van der Waals surface area contributed by atoms with E-state index in [1.54, 1.807) is 60.3 Å². The third kappa shape index (κ3) is 4.20. The summed E-state index contributed by atoms with van der Waals surface area (Å²) in [5.41, 5.74) is 0.512. The number of hydrogen-bond acceptors (Lipinski definition) is 6. The molecule has 2 heterocycles. The van der Waals surface area contributed by atoms with E-state index in [0.29, 0.717) is 18.0 Å². The largest absolute Gasteiger partial charge is 0.492 e. The Morgan fingerprint density at radius 2 is 1.93 bits per heavy atom. The third-order valence-corrected chi connectivity index (χ3v) is 4.32. The Bertz CT molecular complexity index is 1090. The molecular weight excluding hydrogens is 386 g/mol. The van der Waals surface area contributed by atoms with Gasteiger partial charge in [-0.2, -0.15) is 5.26 Å². The lowest BCUT2D eigenvalue weighted by Crippen LogP contribution is -2.30. The molecule has 154 valence electrons. The van der Waals surface area contributed by atoms with E-state index in [2.05, 4.69) is 5.32 Å². The molecule has 0 saturated heterocycles. The number of aryl methyl sites for hydroxylation is 1. The number of rotatable bonds is 7. The van der Waals surface area contributed by atoms with Gasteiger partial charge >= 0.3 is 5.97 Å². The molecule has 0 fully saturated rings. The Balaban J connectivity index is 1.76. The minimum Gasteiger partial charge on any atom is -0.492 e. The second-order valence-electron chi connectivity index (χ2n) is 6.38. The van der Waals surface area contributed by atoms with Crippen LogP contribution in [0.3, 0.4) is 0 Å². The van der Waals surface area contributed by atoms with E-state index < -0.39 is 18.0 Å². The molecule has 30 heavy (non-hydrogen) atoms. The third-order valence-electron chi connectivity index (χ3n) is 4.32. The first-order valence-electron chi connectivity index (χ1n) is 9.36. The van der Waals surface area contributed by atoms with Crippen molar-refractivity contribution < 1.29 is 23.5 Å². The molecule has 0 saturated carbocycles. The molecule has 2 aromatic heterocycles. The van der Waals surface area contributed by atoms with Crippen LogP contribution in [0, 0.1) is 18.3 Å². The summed E-state index contributed by atoms with van der Waals surface area (Å²) in [6.07, 6.45) is 2.28. The monoisotopic (exact) mass is 407 g/mol. The van der Waals surface area contributed by atoms with Gasteiger partial charge in [-0.1, -0.05) is 12.1 Å². The number of nitrogens with one attached hydrogen (secondary N) is 1. The molecule has 0 aliphatic carbocycles. The number of anilines is 1. The second-order valence-corrected chi connectivity index (χ2v) is 6.38. The number of aromatic nitrogens is 1. The first-order chi connectivity index (χ1) is 14.5. The number of benzene rings is 1. The highest BCUT2D eigenvalue weighted by Crippen LogP contribution is 2.27. The summed E-state index contributed by atoms with van der Waals surface area (Å²) >= 11 is 0. The fraction of sp³-hybridized carbons (Fsp3) is 0.227. The topological polar surface area (TPSA) is 106 Å². The van der Waals surface area contributed by atoms with Crippen molar-refractivity contribution in [2.45, 2.75) is 26.9 Å². The average Bonchev–Trinajstić information content (AvgIpc) is 3.36. The Morgan fingerprint density at radius 3 is 2.60 bits per heavy atom. The van der Waals surface area contributed by atoms with Gasteiger partial charge in [-0.3, -0.25) is 9.36 Å². The normalized spacial score (nSPS) is 11.4. The molecule has 0 radical (unpaired) electrons. The van der Waals surface area contributed by atoms with Crippen LogP contribution in [0.4, 0.5) is 5.69 Å². The minimum atomic E-state index is -1.11. The van der Waals surface area contributed by atoms with Gasteiger partial charge in [0.15, 0.2) is 6.10 Å². The maximum absolute atomic E-state index is 12.7. The molecular formula is C22H21N3O5. The molecule has 0 unspecified atom stereocenters. The number of nitrogens with zero attached hydrogens (tertiary/aromatic N) is 2. The smallest absolute Gasteiger partial charge is 0.343 e. The second kappa shape index (κ2) is 9.01. The Hall–Kier alpha value is -3.99. The van der Waals surface area contributed by atoms with Crippen LogP contribution < -0.4 is 10.1 Å². The zero-order chi connectivity index (χ0) is 21.7. The summed E-state index contributed by atoms with van der Waals surface area (Å²) in [4.78, 5) is 25.2.